The molecule has 2 N–H and O–H groups in total. The molecular weight excluding hydrogens is 315 g/mol. The molecule has 0 unspecified atom stereocenters. The van der Waals surface area contributed by atoms with E-state index in [4.69, 9.17) is 16.6 Å². The third-order valence-electron chi connectivity index (χ3n) is 2.68. The largest absolute Gasteiger partial charge is 0.463 e. The summed E-state index contributed by atoms with van der Waals surface area (Å²) in [7, 11) is 0. The van der Waals surface area contributed by atoms with Gasteiger partial charge >= 0.3 is 6.18 Å². The molecule has 0 atom stereocenters. The number of nitrogens with zero attached hydrogens (tertiary/aromatic N) is 1. The van der Waals surface area contributed by atoms with Crippen LogP contribution in [0.3, 0.4) is 0 Å². The zero-order valence-electron chi connectivity index (χ0n) is 11.4. The number of hydrogen-bond donors (Lipinski definition) is 2. The molecule has 0 aliphatic carbocycles. The minimum atomic E-state index is -4.47. The smallest absolute Gasteiger partial charge is 0.418 e. The lowest BCUT2D eigenvalue weighted by molar-refractivity contribution is -0.136. The van der Waals surface area contributed by atoms with Crippen molar-refractivity contribution >= 4 is 28.7 Å². The Hall–Kier alpha value is -2.35. The Morgan fingerprint density at radius 2 is 1.91 bits per heavy atom. The van der Waals surface area contributed by atoms with Gasteiger partial charge in [0.2, 0.25) is 0 Å². The first kappa shape index (κ1) is 16.0. The number of benzene rings is 1. The van der Waals surface area contributed by atoms with Crippen LogP contribution in [0.4, 0.5) is 18.9 Å². The molecule has 0 aliphatic heterocycles. The molecule has 0 spiro atoms. The van der Waals surface area contributed by atoms with Crippen LogP contribution in [0.5, 0.6) is 0 Å². The van der Waals surface area contributed by atoms with Crippen LogP contribution in [0, 0.1) is 0 Å². The Morgan fingerprint density at radius 1 is 1.18 bits per heavy atom. The fraction of sp³-hybridized carbons (Fsp3) is 0.143. The van der Waals surface area contributed by atoms with Gasteiger partial charge in [-0.05, 0) is 43.4 Å². The Kier molecular flexibility index (Phi) is 4.81. The number of thiocarbonyl (C=S) groups is 1. The van der Waals surface area contributed by atoms with Crippen molar-refractivity contribution in [1.29, 1.82) is 0 Å². The highest BCUT2D eigenvalue weighted by atomic mass is 32.1. The molecule has 116 valence electrons. The summed E-state index contributed by atoms with van der Waals surface area (Å²) in [4.78, 5) is 0. The van der Waals surface area contributed by atoms with E-state index in [1.807, 2.05) is 0 Å². The highest BCUT2D eigenvalue weighted by molar-refractivity contribution is 7.80. The molecule has 22 heavy (non-hydrogen) atoms. The van der Waals surface area contributed by atoms with Crippen LogP contribution in [0.2, 0.25) is 0 Å². The third-order valence-corrected chi connectivity index (χ3v) is 2.88. The molecule has 1 aromatic heterocycles. The number of furan rings is 1. The van der Waals surface area contributed by atoms with E-state index in [0.717, 1.165) is 6.07 Å². The highest BCUT2D eigenvalue weighted by Crippen LogP contribution is 2.34. The number of hydrazone groups is 1. The molecular formula is C14H12F3N3OS. The SMILES string of the molecule is C/C(=N/NC(=S)Nc1ccccc1C(F)(F)F)c1ccco1. The Balaban J connectivity index is 2.06. The quantitative estimate of drug-likeness (QED) is 0.508. The molecule has 0 saturated heterocycles. The highest BCUT2D eigenvalue weighted by Gasteiger charge is 2.33. The normalized spacial score (nSPS) is 12.1. The maximum atomic E-state index is 12.9. The lowest BCUT2D eigenvalue weighted by Crippen LogP contribution is -2.26. The van der Waals surface area contributed by atoms with Crippen molar-refractivity contribution in [1.82, 2.24) is 5.43 Å². The van der Waals surface area contributed by atoms with Crippen molar-refractivity contribution in [3.8, 4) is 0 Å². The van der Waals surface area contributed by atoms with Crippen LogP contribution in [0.1, 0.15) is 18.2 Å². The first-order chi connectivity index (χ1) is 10.4. The third kappa shape index (κ3) is 4.08. The minimum Gasteiger partial charge on any atom is -0.463 e. The maximum absolute atomic E-state index is 12.9. The van der Waals surface area contributed by atoms with Gasteiger partial charge in [0.05, 0.1) is 17.5 Å². The molecule has 0 bridgehead atoms. The van der Waals surface area contributed by atoms with E-state index >= 15 is 0 Å². The zero-order chi connectivity index (χ0) is 16.2. The van der Waals surface area contributed by atoms with Crippen molar-refractivity contribution in [2.24, 2.45) is 5.10 Å². The van der Waals surface area contributed by atoms with Crippen LogP contribution < -0.4 is 10.7 Å². The van der Waals surface area contributed by atoms with E-state index in [0.29, 0.717) is 11.5 Å². The van der Waals surface area contributed by atoms with Crippen molar-refractivity contribution in [2.75, 3.05) is 5.32 Å². The zero-order valence-corrected chi connectivity index (χ0v) is 12.3. The van der Waals surface area contributed by atoms with Gasteiger partial charge in [-0.25, -0.2) is 0 Å². The van der Waals surface area contributed by atoms with Gasteiger partial charge < -0.3 is 9.73 Å². The second-order valence-electron chi connectivity index (χ2n) is 4.28. The maximum Gasteiger partial charge on any atom is 0.418 e. The van der Waals surface area contributed by atoms with E-state index in [-0.39, 0.29) is 10.8 Å². The molecule has 4 nitrogen and oxygen atoms in total. The minimum absolute atomic E-state index is 0.0531. The van der Waals surface area contributed by atoms with Gasteiger partial charge in [-0.15, -0.1) is 0 Å². The average Bonchev–Trinajstić information content (AvgIpc) is 2.98. The summed E-state index contributed by atoms with van der Waals surface area (Å²) < 4.78 is 43.7. The van der Waals surface area contributed by atoms with Crippen LogP contribution >= 0.6 is 12.2 Å². The van der Waals surface area contributed by atoms with Gasteiger partial charge in [0.15, 0.2) is 5.11 Å². The molecule has 2 aromatic rings. The second kappa shape index (κ2) is 6.61. The predicted molar refractivity (Wildman–Crippen MR) is 81.7 cm³/mol. The van der Waals surface area contributed by atoms with Crippen molar-refractivity contribution in [3.05, 3.63) is 54.0 Å². The van der Waals surface area contributed by atoms with Crippen molar-refractivity contribution in [2.45, 2.75) is 13.1 Å². The standard InChI is InChI=1S/C14H12F3N3OS/c1-9(12-7-4-8-21-12)19-20-13(22)18-11-6-3-2-5-10(11)14(15,16)17/h2-8H,1H3,(H2,18,20,22)/b19-9-. The average molecular weight is 327 g/mol. The van der Waals surface area contributed by atoms with Gasteiger partial charge in [0, 0.05) is 0 Å². The summed E-state index contributed by atoms with van der Waals surface area (Å²) in [6.07, 6.45) is -2.98. The lowest BCUT2D eigenvalue weighted by Gasteiger charge is -2.14. The summed E-state index contributed by atoms with van der Waals surface area (Å²) in [6.45, 7) is 1.68. The summed E-state index contributed by atoms with van der Waals surface area (Å²) in [5.74, 6) is 0.533. The number of halogens is 3. The number of rotatable bonds is 3. The van der Waals surface area contributed by atoms with Crippen molar-refractivity contribution in [3.63, 3.8) is 0 Å². The fourth-order valence-corrected chi connectivity index (χ4v) is 1.82. The molecule has 1 heterocycles. The molecule has 8 heteroatoms. The van der Waals surface area contributed by atoms with E-state index < -0.39 is 11.7 Å². The van der Waals surface area contributed by atoms with Gasteiger partial charge in [-0.3, -0.25) is 5.43 Å². The van der Waals surface area contributed by atoms with E-state index in [2.05, 4.69) is 15.8 Å². The predicted octanol–water partition coefficient (Wildman–Crippen LogP) is 4.01. The lowest BCUT2D eigenvalue weighted by atomic mass is 10.2. The van der Waals surface area contributed by atoms with Gasteiger partial charge in [0.1, 0.15) is 11.5 Å². The number of hydrogen-bond acceptors (Lipinski definition) is 3. The molecule has 0 aliphatic rings. The fourth-order valence-electron chi connectivity index (χ4n) is 1.66. The summed E-state index contributed by atoms with van der Waals surface area (Å²) in [5.41, 5.74) is 2.05. The monoisotopic (exact) mass is 327 g/mol. The molecule has 0 saturated carbocycles. The van der Waals surface area contributed by atoms with E-state index in [1.165, 1.54) is 24.5 Å². The topological polar surface area (TPSA) is 49.6 Å². The molecule has 1 aromatic carbocycles. The first-order valence-corrected chi connectivity index (χ1v) is 6.60. The van der Waals surface area contributed by atoms with Gasteiger partial charge in [0.25, 0.3) is 0 Å². The van der Waals surface area contributed by atoms with E-state index in [9.17, 15) is 13.2 Å². The first-order valence-electron chi connectivity index (χ1n) is 6.19. The molecule has 0 fully saturated rings. The van der Waals surface area contributed by atoms with Crippen LogP contribution in [0.25, 0.3) is 0 Å². The number of alkyl halides is 3. The van der Waals surface area contributed by atoms with Crippen LogP contribution in [-0.2, 0) is 6.18 Å². The molecule has 0 amide bonds. The number of nitrogens with one attached hydrogen (secondary N) is 2. The summed E-state index contributed by atoms with van der Waals surface area (Å²) in [6, 6.07) is 8.46. The van der Waals surface area contributed by atoms with Crippen LogP contribution in [-0.4, -0.2) is 10.8 Å². The summed E-state index contributed by atoms with van der Waals surface area (Å²) >= 11 is 4.94. The summed E-state index contributed by atoms with van der Waals surface area (Å²) in [5, 5.41) is 6.37. The Morgan fingerprint density at radius 3 is 2.55 bits per heavy atom. The molecule has 0 radical (unpaired) electrons. The van der Waals surface area contributed by atoms with Crippen molar-refractivity contribution < 1.29 is 17.6 Å². The number of para-hydroxylation sites is 1. The Labute approximate surface area is 130 Å². The second-order valence-corrected chi connectivity index (χ2v) is 4.69. The van der Waals surface area contributed by atoms with Crippen LogP contribution in [0.15, 0.2) is 52.2 Å². The van der Waals surface area contributed by atoms with E-state index in [1.54, 1.807) is 19.1 Å². The number of anilines is 1. The molecule has 2 rings (SSSR count). The van der Waals surface area contributed by atoms with Gasteiger partial charge in [-0.1, -0.05) is 12.1 Å². The van der Waals surface area contributed by atoms with Gasteiger partial charge in [-0.2, -0.15) is 18.3 Å². The Bertz CT molecular complexity index is 681.